The van der Waals surface area contributed by atoms with Crippen LogP contribution in [-0.4, -0.2) is 35.0 Å². The van der Waals surface area contributed by atoms with Crippen LogP contribution in [0.3, 0.4) is 0 Å². The highest BCUT2D eigenvalue weighted by molar-refractivity contribution is 5.79. The average Bonchev–Trinajstić information content (AvgIpc) is 3.02. The van der Waals surface area contributed by atoms with Crippen LogP contribution < -0.4 is 0 Å². The van der Waals surface area contributed by atoms with Gasteiger partial charge in [-0.15, -0.1) is 0 Å². The van der Waals surface area contributed by atoms with E-state index in [1.54, 1.807) is 4.90 Å². The van der Waals surface area contributed by atoms with Crippen LogP contribution in [0.2, 0.25) is 0 Å². The van der Waals surface area contributed by atoms with Crippen molar-refractivity contribution in [2.75, 3.05) is 13.1 Å². The fourth-order valence-corrected chi connectivity index (χ4v) is 4.06. The first kappa shape index (κ1) is 16.0. The number of benzene rings is 1. The van der Waals surface area contributed by atoms with Gasteiger partial charge in [-0.05, 0) is 24.3 Å². The SMILES string of the molecule is O=C(O)C1CN(C(=O)CC2CCCCC2)CC1c1ccccc1. The van der Waals surface area contributed by atoms with E-state index in [0.29, 0.717) is 25.4 Å². The van der Waals surface area contributed by atoms with Crippen molar-refractivity contribution in [3.8, 4) is 0 Å². The number of carboxylic acids is 1. The van der Waals surface area contributed by atoms with E-state index in [2.05, 4.69) is 0 Å². The molecule has 1 aromatic carbocycles. The lowest BCUT2D eigenvalue weighted by atomic mass is 9.86. The normalized spacial score (nSPS) is 25.5. The molecule has 1 aliphatic heterocycles. The van der Waals surface area contributed by atoms with E-state index in [0.717, 1.165) is 18.4 Å². The molecule has 2 aliphatic rings. The van der Waals surface area contributed by atoms with Gasteiger partial charge in [-0.2, -0.15) is 0 Å². The van der Waals surface area contributed by atoms with Gasteiger partial charge in [0.1, 0.15) is 0 Å². The minimum absolute atomic E-state index is 0.0935. The number of carbonyl (C=O) groups excluding carboxylic acids is 1. The van der Waals surface area contributed by atoms with E-state index in [9.17, 15) is 14.7 Å². The first-order valence-electron chi connectivity index (χ1n) is 8.70. The van der Waals surface area contributed by atoms with Crippen molar-refractivity contribution in [1.82, 2.24) is 4.90 Å². The molecule has 1 saturated heterocycles. The van der Waals surface area contributed by atoms with E-state index >= 15 is 0 Å². The van der Waals surface area contributed by atoms with Crippen LogP contribution in [0.25, 0.3) is 0 Å². The second kappa shape index (κ2) is 7.16. The lowest BCUT2D eigenvalue weighted by Gasteiger charge is -2.24. The van der Waals surface area contributed by atoms with Crippen molar-refractivity contribution in [2.45, 2.75) is 44.4 Å². The Morgan fingerprint density at radius 2 is 1.74 bits per heavy atom. The summed E-state index contributed by atoms with van der Waals surface area (Å²) in [6.07, 6.45) is 6.61. The zero-order valence-electron chi connectivity index (χ0n) is 13.5. The number of carboxylic acid groups (broad SMARTS) is 1. The van der Waals surface area contributed by atoms with Gasteiger partial charge in [0.25, 0.3) is 0 Å². The highest BCUT2D eigenvalue weighted by Gasteiger charge is 2.40. The Hall–Kier alpha value is -1.84. The Morgan fingerprint density at radius 3 is 2.39 bits per heavy atom. The summed E-state index contributed by atoms with van der Waals surface area (Å²) in [5.41, 5.74) is 1.02. The zero-order valence-corrected chi connectivity index (χ0v) is 13.5. The monoisotopic (exact) mass is 315 g/mol. The van der Waals surface area contributed by atoms with Crippen LogP contribution in [-0.2, 0) is 9.59 Å². The van der Waals surface area contributed by atoms with Crippen LogP contribution in [0.1, 0.15) is 50.0 Å². The van der Waals surface area contributed by atoms with Crippen LogP contribution in [0.4, 0.5) is 0 Å². The van der Waals surface area contributed by atoms with E-state index < -0.39 is 11.9 Å². The number of aliphatic carboxylic acids is 1. The third-order valence-electron chi connectivity index (χ3n) is 5.41. The fourth-order valence-electron chi connectivity index (χ4n) is 4.06. The Balaban J connectivity index is 1.67. The van der Waals surface area contributed by atoms with Gasteiger partial charge in [0.05, 0.1) is 5.92 Å². The molecule has 23 heavy (non-hydrogen) atoms. The molecular formula is C19H25NO3. The van der Waals surface area contributed by atoms with Crippen molar-refractivity contribution >= 4 is 11.9 Å². The summed E-state index contributed by atoms with van der Waals surface area (Å²) in [4.78, 5) is 26.0. The molecule has 1 aliphatic carbocycles. The molecular weight excluding hydrogens is 290 g/mol. The maximum absolute atomic E-state index is 12.6. The van der Waals surface area contributed by atoms with Gasteiger partial charge in [-0.25, -0.2) is 0 Å². The van der Waals surface area contributed by atoms with Crippen LogP contribution in [0, 0.1) is 11.8 Å². The van der Waals surface area contributed by atoms with Crippen molar-refractivity contribution in [1.29, 1.82) is 0 Å². The number of amides is 1. The molecule has 1 N–H and O–H groups in total. The molecule has 1 amide bonds. The molecule has 4 nitrogen and oxygen atoms in total. The van der Waals surface area contributed by atoms with Crippen molar-refractivity contribution < 1.29 is 14.7 Å². The minimum Gasteiger partial charge on any atom is -0.481 e. The topological polar surface area (TPSA) is 57.6 Å². The summed E-state index contributed by atoms with van der Waals surface area (Å²) in [6.45, 7) is 0.882. The first-order valence-corrected chi connectivity index (χ1v) is 8.70. The van der Waals surface area contributed by atoms with Crippen LogP contribution in [0.5, 0.6) is 0 Å². The smallest absolute Gasteiger partial charge is 0.308 e. The van der Waals surface area contributed by atoms with E-state index in [-0.39, 0.29) is 11.8 Å². The molecule has 1 heterocycles. The number of hydrogen-bond donors (Lipinski definition) is 1. The fraction of sp³-hybridized carbons (Fsp3) is 0.579. The molecule has 2 fully saturated rings. The van der Waals surface area contributed by atoms with Gasteiger partial charge in [0, 0.05) is 25.4 Å². The van der Waals surface area contributed by atoms with Gasteiger partial charge in [0.2, 0.25) is 5.91 Å². The van der Waals surface area contributed by atoms with E-state index in [1.165, 1.54) is 19.3 Å². The molecule has 0 aromatic heterocycles. The molecule has 2 atom stereocenters. The van der Waals surface area contributed by atoms with Gasteiger partial charge >= 0.3 is 5.97 Å². The highest BCUT2D eigenvalue weighted by Crippen LogP contribution is 2.34. The zero-order chi connectivity index (χ0) is 16.2. The molecule has 124 valence electrons. The van der Waals surface area contributed by atoms with Crippen molar-refractivity contribution in [2.24, 2.45) is 11.8 Å². The Labute approximate surface area is 137 Å². The quantitative estimate of drug-likeness (QED) is 0.927. The van der Waals surface area contributed by atoms with Crippen molar-refractivity contribution in [3.05, 3.63) is 35.9 Å². The van der Waals surface area contributed by atoms with Crippen LogP contribution in [0.15, 0.2) is 30.3 Å². The summed E-state index contributed by atoms with van der Waals surface area (Å²) < 4.78 is 0. The van der Waals surface area contributed by atoms with Crippen molar-refractivity contribution in [3.63, 3.8) is 0 Å². The number of carbonyl (C=O) groups is 2. The largest absolute Gasteiger partial charge is 0.481 e. The Morgan fingerprint density at radius 1 is 1.04 bits per heavy atom. The second-order valence-corrected chi connectivity index (χ2v) is 6.97. The number of hydrogen-bond acceptors (Lipinski definition) is 2. The number of likely N-dealkylation sites (tertiary alicyclic amines) is 1. The minimum atomic E-state index is -0.799. The molecule has 2 unspecified atom stereocenters. The third-order valence-corrected chi connectivity index (χ3v) is 5.41. The molecule has 4 heteroatoms. The summed E-state index contributed by atoms with van der Waals surface area (Å²) >= 11 is 0. The van der Waals surface area contributed by atoms with E-state index in [1.807, 2.05) is 30.3 Å². The van der Waals surface area contributed by atoms with E-state index in [4.69, 9.17) is 0 Å². The Kier molecular flexibility index (Phi) is 4.99. The molecule has 1 aromatic rings. The first-order chi connectivity index (χ1) is 11.1. The predicted molar refractivity (Wildman–Crippen MR) is 88.1 cm³/mol. The predicted octanol–water partition coefficient (Wildman–Crippen LogP) is 3.28. The lowest BCUT2D eigenvalue weighted by molar-refractivity contribution is -0.141. The molecule has 1 saturated carbocycles. The van der Waals surface area contributed by atoms with Gasteiger partial charge < -0.3 is 10.0 Å². The molecule has 0 spiro atoms. The van der Waals surface area contributed by atoms with Gasteiger partial charge in [-0.3, -0.25) is 9.59 Å². The summed E-state index contributed by atoms with van der Waals surface area (Å²) in [5.74, 6) is -0.750. The molecule has 0 bridgehead atoms. The van der Waals surface area contributed by atoms with Crippen LogP contribution >= 0.6 is 0 Å². The highest BCUT2D eigenvalue weighted by atomic mass is 16.4. The standard InChI is InChI=1S/C19H25NO3/c21-18(11-14-7-3-1-4-8-14)20-12-16(17(13-20)19(22)23)15-9-5-2-6-10-15/h2,5-6,9-10,14,16-17H,1,3-4,7-8,11-13H2,(H,22,23). The maximum atomic E-state index is 12.6. The van der Waals surface area contributed by atoms with Gasteiger partial charge in [0.15, 0.2) is 0 Å². The Bertz CT molecular complexity index is 551. The summed E-state index contributed by atoms with van der Waals surface area (Å²) in [5, 5.41) is 9.53. The van der Waals surface area contributed by atoms with Gasteiger partial charge in [-0.1, -0.05) is 49.6 Å². The second-order valence-electron chi connectivity index (χ2n) is 6.97. The number of rotatable bonds is 4. The number of nitrogens with zero attached hydrogens (tertiary/aromatic N) is 1. The molecule has 0 radical (unpaired) electrons. The lowest BCUT2D eigenvalue weighted by Crippen LogP contribution is -2.31. The molecule has 3 rings (SSSR count). The maximum Gasteiger partial charge on any atom is 0.308 e. The average molecular weight is 315 g/mol. The summed E-state index contributed by atoms with van der Waals surface area (Å²) in [7, 11) is 0. The summed E-state index contributed by atoms with van der Waals surface area (Å²) in [6, 6.07) is 9.73. The third kappa shape index (κ3) is 3.74.